The van der Waals surface area contributed by atoms with E-state index in [-0.39, 0.29) is 0 Å². The second-order valence-electron chi connectivity index (χ2n) is 3.01. The van der Waals surface area contributed by atoms with Crippen LogP contribution >= 0.6 is 0 Å². The summed E-state index contributed by atoms with van der Waals surface area (Å²) >= 11 is 0. The van der Waals surface area contributed by atoms with Crippen LogP contribution in [0.2, 0.25) is 0 Å². The van der Waals surface area contributed by atoms with E-state index in [1.54, 1.807) is 5.57 Å². The predicted octanol–water partition coefficient (Wildman–Crippen LogP) is 2.09. The van der Waals surface area contributed by atoms with Crippen LogP contribution in [0.25, 0.3) is 0 Å². The van der Waals surface area contributed by atoms with Gasteiger partial charge in [-0.25, -0.2) is 0 Å². The summed E-state index contributed by atoms with van der Waals surface area (Å²) in [6.45, 7) is 2.15. The Kier molecular flexibility index (Phi) is 2.94. The summed E-state index contributed by atoms with van der Waals surface area (Å²) in [7, 11) is 2.06. The monoisotopic (exact) mass is 139 g/mol. The molecule has 1 aliphatic rings. The first kappa shape index (κ1) is 7.80. The molecule has 0 aliphatic heterocycles. The molecule has 10 heavy (non-hydrogen) atoms. The predicted molar refractivity (Wildman–Crippen MR) is 45.1 cm³/mol. The molecule has 0 aromatic heterocycles. The van der Waals surface area contributed by atoms with Crippen LogP contribution in [-0.2, 0) is 0 Å². The smallest absolute Gasteiger partial charge is 0.00701 e. The SMILES string of the molecule is CC=C1CCC(NC)CC1. The van der Waals surface area contributed by atoms with Crippen molar-refractivity contribution in [2.45, 2.75) is 38.6 Å². The zero-order valence-corrected chi connectivity index (χ0v) is 6.98. The minimum atomic E-state index is 0.781. The second-order valence-corrected chi connectivity index (χ2v) is 3.01. The molecule has 1 fully saturated rings. The Balaban J connectivity index is 2.31. The number of rotatable bonds is 1. The number of nitrogens with one attached hydrogen (secondary N) is 1. The third kappa shape index (κ3) is 1.84. The summed E-state index contributed by atoms with van der Waals surface area (Å²) in [6.07, 6.45) is 7.54. The minimum Gasteiger partial charge on any atom is -0.317 e. The standard InChI is InChI=1S/C9H17N/c1-3-8-4-6-9(10-2)7-5-8/h3,9-10H,4-7H2,1-2H3. The molecule has 0 atom stereocenters. The van der Waals surface area contributed by atoms with Crippen molar-refractivity contribution in [3.8, 4) is 0 Å². The summed E-state index contributed by atoms with van der Waals surface area (Å²) in [5.74, 6) is 0. The van der Waals surface area contributed by atoms with Gasteiger partial charge in [0, 0.05) is 6.04 Å². The van der Waals surface area contributed by atoms with Crippen molar-refractivity contribution in [2.24, 2.45) is 0 Å². The van der Waals surface area contributed by atoms with Crippen LogP contribution in [0, 0.1) is 0 Å². The number of hydrogen-bond donors (Lipinski definition) is 1. The van der Waals surface area contributed by atoms with Crippen molar-refractivity contribution in [3.05, 3.63) is 11.6 Å². The molecule has 0 unspecified atom stereocenters. The molecule has 1 nitrogen and oxygen atoms in total. The normalized spacial score (nSPS) is 26.6. The first-order chi connectivity index (χ1) is 4.86. The van der Waals surface area contributed by atoms with Gasteiger partial charge in [0.15, 0.2) is 0 Å². The van der Waals surface area contributed by atoms with Gasteiger partial charge in [-0.1, -0.05) is 11.6 Å². The zero-order chi connectivity index (χ0) is 7.40. The van der Waals surface area contributed by atoms with Gasteiger partial charge in [-0.3, -0.25) is 0 Å². The van der Waals surface area contributed by atoms with Crippen molar-refractivity contribution < 1.29 is 0 Å². The van der Waals surface area contributed by atoms with Crippen molar-refractivity contribution in [3.63, 3.8) is 0 Å². The number of hydrogen-bond acceptors (Lipinski definition) is 1. The molecule has 0 aromatic carbocycles. The van der Waals surface area contributed by atoms with Gasteiger partial charge < -0.3 is 5.32 Å². The van der Waals surface area contributed by atoms with Crippen LogP contribution in [-0.4, -0.2) is 13.1 Å². The minimum absolute atomic E-state index is 0.781. The van der Waals surface area contributed by atoms with Gasteiger partial charge in [-0.2, -0.15) is 0 Å². The molecule has 1 N–H and O–H groups in total. The summed E-state index contributed by atoms with van der Waals surface area (Å²) in [5.41, 5.74) is 1.64. The Morgan fingerprint density at radius 3 is 2.40 bits per heavy atom. The molecule has 0 amide bonds. The fourth-order valence-corrected chi connectivity index (χ4v) is 1.57. The van der Waals surface area contributed by atoms with Gasteiger partial charge in [0.05, 0.1) is 0 Å². The lowest BCUT2D eigenvalue weighted by molar-refractivity contribution is 0.447. The van der Waals surface area contributed by atoms with Crippen molar-refractivity contribution in [1.29, 1.82) is 0 Å². The first-order valence-electron chi connectivity index (χ1n) is 4.18. The Labute approximate surface area is 63.5 Å². The second kappa shape index (κ2) is 3.77. The van der Waals surface area contributed by atoms with E-state index < -0.39 is 0 Å². The quantitative estimate of drug-likeness (QED) is 0.548. The van der Waals surface area contributed by atoms with Crippen LogP contribution in [0.3, 0.4) is 0 Å². The maximum atomic E-state index is 3.32. The largest absolute Gasteiger partial charge is 0.317 e. The fourth-order valence-electron chi connectivity index (χ4n) is 1.57. The summed E-state index contributed by atoms with van der Waals surface area (Å²) < 4.78 is 0. The molecule has 0 bridgehead atoms. The maximum absolute atomic E-state index is 3.32. The van der Waals surface area contributed by atoms with Gasteiger partial charge in [-0.05, 0) is 39.7 Å². The van der Waals surface area contributed by atoms with Gasteiger partial charge in [-0.15, -0.1) is 0 Å². The molecular formula is C9H17N. The zero-order valence-electron chi connectivity index (χ0n) is 6.98. The van der Waals surface area contributed by atoms with E-state index in [0.29, 0.717) is 0 Å². The third-order valence-electron chi connectivity index (χ3n) is 2.44. The Morgan fingerprint density at radius 2 is 2.00 bits per heavy atom. The van der Waals surface area contributed by atoms with E-state index in [4.69, 9.17) is 0 Å². The van der Waals surface area contributed by atoms with Crippen LogP contribution in [0.5, 0.6) is 0 Å². The van der Waals surface area contributed by atoms with E-state index in [9.17, 15) is 0 Å². The molecule has 58 valence electrons. The Bertz CT molecular complexity index is 117. The molecule has 0 spiro atoms. The highest BCUT2D eigenvalue weighted by Crippen LogP contribution is 2.22. The molecule has 1 heteroatoms. The van der Waals surface area contributed by atoms with Crippen LogP contribution in [0.15, 0.2) is 11.6 Å². The molecule has 0 saturated heterocycles. The van der Waals surface area contributed by atoms with Crippen LogP contribution < -0.4 is 5.32 Å². The Hall–Kier alpha value is -0.300. The molecule has 1 saturated carbocycles. The van der Waals surface area contributed by atoms with E-state index in [0.717, 1.165) is 6.04 Å². The van der Waals surface area contributed by atoms with Gasteiger partial charge in [0.2, 0.25) is 0 Å². The highest BCUT2D eigenvalue weighted by Gasteiger charge is 2.12. The molecular weight excluding hydrogens is 122 g/mol. The lowest BCUT2D eigenvalue weighted by Gasteiger charge is -2.22. The van der Waals surface area contributed by atoms with Gasteiger partial charge in [0.1, 0.15) is 0 Å². The summed E-state index contributed by atoms with van der Waals surface area (Å²) in [6, 6.07) is 0.781. The molecule has 0 radical (unpaired) electrons. The van der Waals surface area contributed by atoms with E-state index in [2.05, 4.69) is 25.4 Å². The average Bonchev–Trinajstić information content (AvgIpc) is 2.05. The molecule has 0 heterocycles. The highest BCUT2D eigenvalue weighted by molar-refractivity contribution is 5.04. The molecule has 1 aliphatic carbocycles. The van der Waals surface area contributed by atoms with E-state index in [1.165, 1.54) is 25.7 Å². The van der Waals surface area contributed by atoms with Gasteiger partial charge in [0.25, 0.3) is 0 Å². The summed E-state index contributed by atoms with van der Waals surface area (Å²) in [4.78, 5) is 0. The average molecular weight is 139 g/mol. The lowest BCUT2D eigenvalue weighted by atomic mass is 9.91. The lowest BCUT2D eigenvalue weighted by Crippen LogP contribution is -2.27. The Morgan fingerprint density at radius 1 is 1.40 bits per heavy atom. The topological polar surface area (TPSA) is 12.0 Å². The fraction of sp³-hybridized carbons (Fsp3) is 0.778. The summed E-state index contributed by atoms with van der Waals surface area (Å²) in [5, 5.41) is 3.32. The van der Waals surface area contributed by atoms with E-state index in [1.807, 2.05) is 0 Å². The number of allylic oxidation sites excluding steroid dienone is 2. The van der Waals surface area contributed by atoms with Crippen molar-refractivity contribution >= 4 is 0 Å². The maximum Gasteiger partial charge on any atom is 0.00701 e. The third-order valence-corrected chi connectivity index (χ3v) is 2.44. The van der Waals surface area contributed by atoms with Crippen LogP contribution in [0.4, 0.5) is 0 Å². The first-order valence-corrected chi connectivity index (χ1v) is 4.18. The highest BCUT2D eigenvalue weighted by atomic mass is 14.9. The van der Waals surface area contributed by atoms with Gasteiger partial charge >= 0.3 is 0 Å². The van der Waals surface area contributed by atoms with Crippen LogP contribution in [0.1, 0.15) is 32.6 Å². The molecule has 0 aromatic rings. The van der Waals surface area contributed by atoms with E-state index >= 15 is 0 Å². The molecule has 1 rings (SSSR count). The van der Waals surface area contributed by atoms with Crippen molar-refractivity contribution in [2.75, 3.05) is 7.05 Å². The van der Waals surface area contributed by atoms with Crippen molar-refractivity contribution in [1.82, 2.24) is 5.32 Å².